The van der Waals surface area contributed by atoms with Gasteiger partial charge in [0.25, 0.3) is 0 Å². The van der Waals surface area contributed by atoms with Crippen LogP contribution in [0.15, 0.2) is 18.2 Å². The maximum atomic E-state index is 12.1. The molecule has 0 saturated heterocycles. The minimum absolute atomic E-state index is 0.125. The van der Waals surface area contributed by atoms with Gasteiger partial charge in [0.15, 0.2) is 0 Å². The predicted octanol–water partition coefficient (Wildman–Crippen LogP) is 4.15. The van der Waals surface area contributed by atoms with Crippen LogP contribution in [0.4, 0.5) is 4.79 Å². The highest BCUT2D eigenvalue weighted by Crippen LogP contribution is 2.34. The molecule has 0 aliphatic heterocycles. The van der Waals surface area contributed by atoms with Crippen molar-refractivity contribution in [3.63, 3.8) is 0 Å². The predicted molar refractivity (Wildman–Crippen MR) is 111 cm³/mol. The highest BCUT2D eigenvalue weighted by molar-refractivity contribution is 5.66. The Bertz CT molecular complexity index is 546. The van der Waals surface area contributed by atoms with Gasteiger partial charge in [-0.3, -0.25) is 0 Å². The molecule has 0 N–H and O–H groups in total. The van der Waals surface area contributed by atoms with Gasteiger partial charge in [0.1, 0.15) is 12.4 Å². The molecule has 1 aromatic rings. The molecule has 0 radical (unpaired) electrons. The van der Waals surface area contributed by atoms with E-state index in [2.05, 4.69) is 27.7 Å². The van der Waals surface area contributed by atoms with Crippen molar-refractivity contribution >= 4 is 6.16 Å². The number of methoxy groups -OCH3 is 1. The van der Waals surface area contributed by atoms with Gasteiger partial charge in [-0.05, 0) is 23.0 Å². The Balaban J connectivity index is 2.22. The van der Waals surface area contributed by atoms with Crippen LogP contribution in [0.5, 0.6) is 5.75 Å². The van der Waals surface area contributed by atoms with E-state index in [4.69, 9.17) is 28.4 Å². The zero-order chi connectivity index (χ0) is 21.5. The Hall–Kier alpha value is -1.67. The number of hydrogen-bond donors (Lipinski definition) is 0. The van der Waals surface area contributed by atoms with Gasteiger partial charge < -0.3 is 28.4 Å². The van der Waals surface area contributed by atoms with Crippen molar-refractivity contribution in [2.24, 2.45) is 0 Å². The van der Waals surface area contributed by atoms with E-state index in [-0.39, 0.29) is 25.0 Å². The molecule has 0 fully saturated rings. The minimum atomic E-state index is -0.715. The van der Waals surface area contributed by atoms with Crippen molar-refractivity contribution in [3.8, 4) is 5.75 Å². The Morgan fingerprint density at radius 1 is 0.759 bits per heavy atom. The summed E-state index contributed by atoms with van der Waals surface area (Å²) in [5.41, 5.74) is 1.99. The largest absolute Gasteiger partial charge is 0.513 e. The Kier molecular flexibility index (Phi) is 13.3. The van der Waals surface area contributed by atoms with E-state index in [0.717, 1.165) is 11.1 Å². The van der Waals surface area contributed by atoms with Crippen LogP contribution in [0.25, 0.3) is 0 Å². The Morgan fingerprint density at radius 2 is 1.21 bits per heavy atom. The first kappa shape index (κ1) is 25.4. The van der Waals surface area contributed by atoms with Gasteiger partial charge in [0, 0.05) is 7.11 Å². The molecular weight excluding hydrogens is 376 g/mol. The normalized spacial score (nSPS) is 11.3. The van der Waals surface area contributed by atoms with E-state index >= 15 is 0 Å². The quantitative estimate of drug-likeness (QED) is 0.243. The SMILES string of the molecule is COCCOCCOCCOCCOC(=O)Oc1c(C(C)C)cccc1C(C)C. The number of para-hydroxylation sites is 1. The molecule has 0 amide bonds. The number of hydrogen-bond acceptors (Lipinski definition) is 7. The third kappa shape index (κ3) is 10.6. The van der Waals surface area contributed by atoms with Gasteiger partial charge in [-0.25, -0.2) is 4.79 Å². The Labute approximate surface area is 174 Å². The average Bonchev–Trinajstić information content (AvgIpc) is 2.68. The lowest BCUT2D eigenvalue weighted by Gasteiger charge is -2.18. The van der Waals surface area contributed by atoms with E-state index in [1.165, 1.54) is 0 Å². The third-order valence-corrected chi connectivity index (χ3v) is 4.13. The molecule has 0 saturated carbocycles. The molecule has 1 rings (SSSR count). The lowest BCUT2D eigenvalue weighted by atomic mass is 9.94. The first-order chi connectivity index (χ1) is 14.0. The summed E-state index contributed by atoms with van der Waals surface area (Å²) in [6.45, 7) is 11.7. The van der Waals surface area contributed by atoms with Gasteiger partial charge in [-0.1, -0.05) is 45.9 Å². The molecule has 0 aromatic heterocycles. The topological polar surface area (TPSA) is 72.5 Å². The summed E-state index contributed by atoms with van der Waals surface area (Å²) in [5.74, 6) is 1.08. The second-order valence-corrected chi connectivity index (χ2v) is 7.11. The molecule has 0 atom stereocenters. The van der Waals surface area contributed by atoms with E-state index in [0.29, 0.717) is 45.4 Å². The van der Waals surface area contributed by atoms with Gasteiger partial charge in [0.05, 0.1) is 46.2 Å². The molecule has 0 bridgehead atoms. The summed E-state index contributed by atoms with van der Waals surface area (Å²) in [7, 11) is 1.63. The highest BCUT2D eigenvalue weighted by Gasteiger charge is 2.18. The van der Waals surface area contributed by atoms with Crippen LogP contribution >= 0.6 is 0 Å². The van der Waals surface area contributed by atoms with Crippen LogP contribution in [-0.4, -0.2) is 66.1 Å². The lowest BCUT2D eigenvalue weighted by Crippen LogP contribution is -2.17. The van der Waals surface area contributed by atoms with Gasteiger partial charge in [0.2, 0.25) is 0 Å². The van der Waals surface area contributed by atoms with Crippen LogP contribution < -0.4 is 4.74 Å². The van der Waals surface area contributed by atoms with Crippen LogP contribution in [0.1, 0.15) is 50.7 Å². The van der Waals surface area contributed by atoms with Crippen LogP contribution in [0.3, 0.4) is 0 Å². The smallest absolute Gasteiger partial charge is 0.432 e. The van der Waals surface area contributed by atoms with E-state index in [9.17, 15) is 4.79 Å². The van der Waals surface area contributed by atoms with Crippen molar-refractivity contribution in [2.45, 2.75) is 39.5 Å². The molecule has 0 spiro atoms. The summed E-state index contributed by atoms with van der Waals surface area (Å²) in [6, 6.07) is 5.94. The molecule has 0 heterocycles. The fraction of sp³-hybridized carbons (Fsp3) is 0.682. The highest BCUT2D eigenvalue weighted by atomic mass is 16.7. The monoisotopic (exact) mass is 412 g/mol. The second kappa shape index (κ2) is 15.2. The Morgan fingerprint density at radius 3 is 1.66 bits per heavy atom. The van der Waals surface area contributed by atoms with Crippen molar-refractivity contribution in [3.05, 3.63) is 29.3 Å². The van der Waals surface area contributed by atoms with Crippen molar-refractivity contribution in [2.75, 3.05) is 60.0 Å². The van der Waals surface area contributed by atoms with Crippen LogP contribution in [0, 0.1) is 0 Å². The second-order valence-electron chi connectivity index (χ2n) is 7.11. The summed E-state index contributed by atoms with van der Waals surface area (Å²) in [6.07, 6.45) is -0.715. The summed E-state index contributed by atoms with van der Waals surface area (Å²) in [4.78, 5) is 12.1. The maximum Gasteiger partial charge on any atom is 0.513 e. The molecule has 0 aliphatic rings. The molecule has 0 aliphatic carbocycles. The van der Waals surface area contributed by atoms with Crippen LogP contribution in [0.2, 0.25) is 0 Å². The average molecular weight is 413 g/mol. The van der Waals surface area contributed by atoms with Gasteiger partial charge in [-0.15, -0.1) is 0 Å². The van der Waals surface area contributed by atoms with E-state index in [1.807, 2.05) is 18.2 Å². The molecular formula is C22H36O7. The van der Waals surface area contributed by atoms with E-state index < -0.39 is 6.16 Å². The molecule has 0 unspecified atom stereocenters. The third-order valence-electron chi connectivity index (χ3n) is 4.13. The standard InChI is InChI=1S/C22H36O7/c1-17(2)19-7-6-8-20(18(3)4)21(19)29-22(23)28-16-15-27-14-13-26-12-11-25-10-9-24-5/h6-8,17-18H,9-16H2,1-5H3. The van der Waals surface area contributed by atoms with E-state index in [1.54, 1.807) is 7.11 Å². The number of carbonyl (C=O) groups is 1. The lowest BCUT2D eigenvalue weighted by molar-refractivity contribution is -0.00454. The minimum Gasteiger partial charge on any atom is -0.432 e. The fourth-order valence-corrected chi connectivity index (χ4v) is 2.58. The van der Waals surface area contributed by atoms with Crippen molar-refractivity contribution in [1.29, 1.82) is 0 Å². The number of rotatable bonds is 15. The fourth-order valence-electron chi connectivity index (χ4n) is 2.58. The van der Waals surface area contributed by atoms with Crippen molar-refractivity contribution in [1.82, 2.24) is 0 Å². The zero-order valence-corrected chi connectivity index (χ0v) is 18.4. The number of benzene rings is 1. The molecule has 166 valence electrons. The zero-order valence-electron chi connectivity index (χ0n) is 18.4. The summed E-state index contributed by atoms with van der Waals surface area (Å²) >= 11 is 0. The summed E-state index contributed by atoms with van der Waals surface area (Å²) < 4.78 is 31.6. The molecule has 7 nitrogen and oxygen atoms in total. The summed E-state index contributed by atoms with van der Waals surface area (Å²) in [5, 5.41) is 0. The van der Waals surface area contributed by atoms with Crippen LogP contribution in [-0.2, 0) is 23.7 Å². The molecule has 29 heavy (non-hydrogen) atoms. The van der Waals surface area contributed by atoms with Gasteiger partial charge in [-0.2, -0.15) is 0 Å². The van der Waals surface area contributed by atoms with Crippen molar-refractivity contribution < 1.29 is 33.2 Å². The van der Waals surface area contributed by atoms with Gasteiger partial charge >= 0.3 is 6.16 Å². The molecule has 1 aromatic carbocycles. The first-order valence-corrected chi connectivity index (χ1v) is 10.2. The maximum absolute atomic E-state index is 12.1. The molecule has 7 heteroatoms. The number of carbonyl (C=O) groups excluding carboxylic acids is 1. The number of ether oxygens (including phenoxy) is 6. The first-order valence-electron chi connectivity index (χ1n) is 10.2.